The third-order valence-corrected chi connectivity index (χ3v) is 1.77. The quantitative estimate of drug-likeness (QED) is 0.469. The average molecular weight is 127 g/mol. The number of amidine groups is 1. The molecule has 0 amide bonds. The van der Waals surface area contributed by atoms with Gasteiger partial charge in [-0.15, -0.1) is 0 Å². The SMILES string of the molecule is C[C@@H]1CC(N)=NC[C@@H]1N. The van der Waals surface area contributed by atoms with Gasteiger partial charge in [-0.1, -0.05) is 6.92 Å². The van der Waals surface area contributed by atoms with Crippen molar-refractivity contribution in [1.29, 1.82) is 0 Å². The lowest BCUT2D eigenvalue weighted by molar-refractivity contribution is 0.458. The molecule has 3 heteroatoms. The normalized spacial score (nSPS) is 36.0. The summed E-state index contributed by atoms with van der Waals surface area (Å²) in [5.74, 6) is 1.26. The third-order valence-electron chi connectivity index (χ3n) is 1.77. The summed E-state index contributed by atoms with van der Waals surface area (Å²) in [6.07, 6.45) is 0.862. The van der Waals surface area contributed by atoms with Crippen molar-refractivity contribution in [2.45, 2.75) is 19.4 Å². The van der Waals surface area contributed by atoms with Crippen LogP contribution in [0, 0.1) is 5.92 Å². The van der Waals surface area contributed by atoms with Gasteiger partial charge in [-0.2, -0.15) is 0 Å². The van der Waals surface area contributed by atoms with Crippen LogP contribution >= 0.6 is 0 Å². The van der Waals surface area contributed by atoms with E-state index in [1.165, 1.54) is 0 Å². The molecule has 0 fully saturated rings. The Kier molecular flexibility index (Phi) is 1.71. The molecular formula is C6H13N3. The molecule has 0 aromatic heterocycles. The molecule has 0 spiro atoms. The number of nitrogens with zero attached hydrogens (tertiary/aromatic N) is 1. The third kappa shape index (κ3) is 1.42. The molecule has 0 unspecified atom stereocenters. The molecular weight excluding hydrogens is 114 g/mol. The minimum atomic E-state index is 0.220. The molecule has 3 nitrogen and oxygen atoms in total. The fraction of sp³-hybridized carbons (Fsp3) is 0.833. The van der Waals surface area contributed by atoms with E-state index in [1.54, 1.807) is 0 Å². The van der Waals surface area contributed by atoms with Crippen molar-refractivity contribution in [3.63, 3.8) is 0 Å². The van der Waals surface area contributed by atoms with Gasteiger partial charge >= 0.3 is 0 Å². The van der Waals surface area contributed by atoms with Gasteiger partial charge in [-0.25, -0.2) is 0 Å². The van der Waals surface area contributed by atoms with Crippen molar-refractivity contribution >= 4 is 5.84 Å². The maximum atomic E-state index is 5.68. The van der Waals surface area contributed by atoms with Crippen LogP contribution in [0.3, 0.4) is 0 Å². The molecule has 0 aromatic carbocycles. The summed E-state index contributed by atoms with van der Waals surface area (Å²) in [5, 5.41) is 0. The lowest BCUT2D eigenvalue weighted by Gasteiger charge is -2.22. The first-order valence-corrected chi connectivity index (χ1v) is 3.24. The van der Waals surface area contributed by atoms with Crippen molar-refractivity contribution in [2.24, 2.45) is 22.4 Å². The Morgan fingerprint density at radius 2 is 2.33 bits per heavy atom. The summed E-state index contributed by atoms with van der Waals surface area (Å²) < 4.78 is 0. The second-order valence-electron chi connectivity index (χ2n) is 2.68. The molecule has 0 saturated carbocycles. The smallest absolute Gasteiger partial charge is 0.0941 e. The molecule has 0 saturated heterocycles. The van der Waals surface area contributed by atoms with Crippen LogP contribution < -0.4 is 11.5 Å². The van der Waals surface area contributed by atoms with Crippen LogP contribution in [-0.4, -0.2) is 18.4 Å². The molecule has 2 atom stereocenters. The largest absolute Gasteiger partial charge is 0.387 e. The Morgan fingerprint density at radius 1 is 1.67 bits per heavy atom. The van der Waals surface area contributed by atoms with Gasteiger partial charge in [0.1, 0.15) is 0 Å². The maximum absolute atomic E-state index is 5.68. The molecule has 52 valence electrons. The van der Waals surface area contributed by atoms with Crippen molar-refractivity contribution in [3.05, 3.63) is 0 Å². The van der Waals surface area contributed by atoms with E-state index < -0.39 is 0 Å². The molecule has 9 heavy (non-hydrogen) atoms. The highest BCUT2D eigenvalue weighted by molar-refractivity contribution is 5.81. The molecule has 0 aliphatic carbocycles. The summed E-state index contributed by atoms with van der Waals surface area (Å²) in [5.41, 5.74) is 11.2. The van der Waals surface area contributed by atoms with Crippen LogP contribution in [-0.2, 0) is 0 Å². The topological polar surface area (TPSA) is 64.4 Å². The zero-order valence-electron chi connectivity index (χ0n) is 5.67. The number of hydrogen-bond donors (Lipinski definition) is 2. The van der Waals surface area contributed by atoms with Crippen molar-refractivity contribution in [1.82, 2.24) is 0 Å². The first kappa shape index (κ1) is 6.55. The van der Waals surface area contributed by atoms with Gasteiger partial charge in [-0.05, 0) is 5.92 Å². The first-order chi connectivity index (χ1) is 4.20. The van der Waals surface area contributed by atoms with Crippen molar-refractivity contribution in [2.75, 3.05) is 6.54 Å². The molecule has 0 bridgehead atoms. The van der Waals surface area contributed by atoms with Crippen LogP contribution in [0.15, 0.2) is 4.99 Å². The van der Waals surface area contributed by atoms with Crippen molar-refractivity contribution in [3.8, 4) is 0 Å². The lowest BCUT2D eigenvalue weighted by Crippen LogP contribution is -2.38. The van der Waals surface area contributed by atoms with Crippen molar-refractivity contribution < 1.29 is 0 Å². The van der Waals surface area contributed by atoms with E-state index in [-0.39, 0.29) is 6.04 Å². The lowest BCUT2D eigenvalue weighted by atomic mass is 9.96. The number of hydrogen-bond acceptors (Lipinski definition) is 3. The molecule has 0 aromatic rings. The minimum absolute atomic E-state index is 0.220. The highest BCUT2D eigenvalue weighted by Crippen LogP contribution is 2.10. The van der Waals surface area contributed by atoms with Gasteiger partial charge in [-0.3, -0.25) is 4.99 Å². The second kappa shape index (κ2) is 2.35. The van der Waals surface area contributed by atoms with Gasteiger partial charge < -0.3 is 11.5 Å². The maximum Gasteiger partial charge on any atom is 0.0941 e. The van der Waals surface area contributed by atoms with E-state index in [9.17, 15) is 0 Å². The number of rotatable bonds is 0. The molecule has 4 N–H and O–H groups in total. The monoisotopic (exact) mass is 127 g/mol. The highest BCUT2D eigenvalue weighted by Gasteiger charge is 2.17. The predicted octanol–water partition coefficient (Wildman–Crippen LogP) is -0.289. The molecule has 1 heterocycles. The van der Waals surface area contributed by atoms with E-state index in [2.05, 4.69) is 11.9 Å². The summed E-state index contributed by atoms with van der Waals surface area (Å²) in [6.45, 7) is 2.80. The fourth-order valence-corrected chi connectivity index (χ4v) is 0.948. The van der Waals surface area contributed by atoms with Crippen LogP contribution in [0.4, 0.5) is 0 Å². The summed E-state index contributed by atoms with van der Waals surface area (Å²) in [4.78, 5) is 4.03. The Labute approximate surface area is 55.1 Å². The van der Waals surface area contributed by atoms with E-state index in [0.717, 1.165) is 12.3 Å². The van der Waals surface area contributed by atoms with Gasteiger partial charge in [0.05, 0.1) is 12.4 Å². The van der Waals surface area contributed by atoms with Crippen LogP contribution in [0.2, 0.25) is 0 Å². The zero-order chi connectivity index (χ0) is 6.85. The highest BCUT2D eigenvalue weighted by atomic mass is 14.9. The van der Waals surface area contributed by atoms with Gasteiger partial charge in [0.2, 0.25) is 0 Å². The average Bonchev–Trinajstić information content (AvgIpc) is 1.80. The molecule has 1 aliphatic rings. The Balaban J connectivity index is 2.54. The van der Waals surface area contributed by atoms with E-state index >= 15 is 0 Å². The number of nitrogens with two attached hydrogens (primary N) is 2. The summed E-state index contributed by atoms with van der Waals surface area (Å²) in [6, 6.07) is 0.220. The summed E-state index contributed by atoms with van der Waals surface area (Å²) >= 11 is 0. The Morgan fingerprint density at radius 3 is 2.78 bits per heavy atom. The second-order valence-corrected chi connectivity index (χ2v) is 2.68. The Bertz CT molecular complexity index is 130. The first-order valence-electron chi connectivity index (χ1n) is 3.24. The van der Waals surface area contributed by atoms with Gasteiger partial charge in [0, 0.05) is 12.5 Å². The fourth-order valence-electron chi connectivity index (χ4n) is 0.948. The Hall–Kier alpha value is -0.570. The van der Waals surface area contributed by atoms with Crippen LogP contribution in [0.5, 0.6) is 0 Å². The molecule has 0 radical (unpaired) electrons. The minimum Gasteiger partial charge on any atom is -0.387 e. The molecule has 1 rings (SSSR count). The van der Waals surface area contributed by atoms with E-state index in [0.29, 0.717) is 12.5 Å². The molecule has 1 aliphatic heterocycles. The van der Waals surface area contributed by atoms with Gasteiger partial charge in [0.25, 0.3) is 0 Å². The van der Waals surface area contributed by atoms with Crippen LogP contribution in [0.1, 0.15) is 13.3 Å². The zero-order valence-corrected chi connectivity index (χ0v) is 5.67. The van der Waals surface area contributed by atoms with Gasteiger partial charge in [0.15, 0.2) is 0 Å². The summed E-state index contributed by atoms with van der Waals surface area (Å²) in [7, 11) is 0. The standard InChI is InChI=1S/C6H13N3/c1-4-2-6(8)9-3-5(4)7/h4-5H,2-3,7H2,1H3,(H2,8,9)/t4-,5+/m1/s1. The predicted molar refractivity (Wildman–Crippen MR) is 38.2 cm³/mol. The van der Waals surface area contributed by atoms with E-state index in [4.69, 9.17) is 11.5 Å². The van der Waals surface area contributed by atoms with Crippen LogP contribution in [0.25, 0.3) is 0 Å². The van der Waals surface area contributed by atoms with E-state index in [1.807, 2.05) is 0 Å². The number of aliphatic imine (C=N–C) groups is 1.